The topological polar surface area (TPSA) is 70.6 Å². The van der Waals surface area contributed by atoms with Gasteiger partial charge in [-0.15, -0.1) is 0 Å². The number of hydrazone groups is 1. The molecule has 2 rings (SSSR count). The Morgan fingerprint density at radius 1 is 1.04 bits per heavy atom. The zero-order valence-corrected chi connectivity index (χ0v) is 13.1. The number of hydrogen-bond acceptors (Lipinski definition) is 3. The van der Waals surface area contributed by atoms with Crippen molar-refractivity contribution >= 4 is 23.7 Å². The Bertz CT molecular complexity index is 817. The van der Waals surface area contributed by atoms with Crippen LogP contribution in [0.15, 0.2) is 53.6 Å². The van der Waals surface area contributed by atoms with E-state index in [2.05, 4.69) is 10.4 Å². The number of nitrogens with one attached hydrogen (secondary N) is 2. The molecule has 130 valence electrons. The molecule has 2 aromatic carbocycles. The Morgan fingerprint density at radius 2 is 1.76 bits per heavy atom. The summed E-state index contributed by atoms with van der Waals surface area (Å²) in [5.41, 5.74) is 2.09. The van der Waals surface area contributed by atoms with Crippen LogP contribution in [0.5, 0.6) is 0 Å². The van der Waals surface area contributed by atoms with Crippen LogP contribution in [0.1, 0.15) is 16.7 Å². The van der Waals surface area contributed by atoms with E-state index in [0.29, 0.717) is 5.69 Å². The van der Waals surface area contributed by atoms with Gasteiger partial charge in [-0.2, -0.15) is 18.3 Å². The van der Waals surface area contributed by atoms with E-state index in [-0.39, 0.29) is 5.56 Å². The van der Waals surface area contributed by atoms with Crippen molar-refractivity contribution in [2.45, 2.75) is 13.1 Å². The zero-order valence-electron chi connectivity index (χ0n) is 13.1. The Kier molecular flexibility index (Phi) is 5.53. The second kappa shape index (κ2) is 7.61. The number of aryl methyl sites for hydroxylation is 1. The van der Waals surface area contributed by atoms with Crippen molar-refractivity contribution in [3.63, 3.8) is 0 Å². The fraction of sp³-hybridized carbons (Fsp3) is 0.118. The van der Waals surface area contributed by atoms with Crippen molar-refractivity contribution in [1.29, 1.82) is 0 Å². The molecular weight excluding hydrogens is 335 g/mol. The molecule has 2 amide bonds. The van der Waals surface area contributed by atoms with Gasteiger partial charge in [-0.1, -0.05) is 30.3 Å². The van der Waals surface area contributed by atoms with Crippen molar-refractivity contribution in [3.05, 3.63) is 65.2 Å². The lowest BCUT2D eigenvalue weighted by Gasteiger charge is -2.09. The van der Waals surface area contributed by atoms with Crippen LogP contribution in [0.4, 0.5) is 18.9 Å². The van der Waals surface area contributed by atoms with Crippen molar-refractivity contribution in [1.82, 2.24) is 5.43 Å². The smallest absolute Gasteiger partial charge is 0.318 e. The van der Waals surface area contributed by atoms with Crippen LogP contribution in [-0.4, -0.2) is 18.0 Å². The zero-order chi connectivity index (χ0) is 18.4. The van der Waals surface area contributed by atoms with Crippen LogP contribution in [0.25, 0.3) is 0 Å². The largest absolute Gasteiger partial charge is 0.417 e. The van der Waals surface area contributed by atoms with Crippen LogP contribution in [0.3, 0.4) is 0 Å². The highest BCUT2D eigenvalue weighted by molar-refractivity contribution is 6.39. The van der Waals surface area contributed by atoms with E-state index in [1.807, 2.05) is 18.4 Å². The Hall–Kier alpha value is -3.16. The maximum atomic E-state index is 12.8. The standard InChI is InChI=1S/C17H14F3N3O2/c1-11-5-4-7-13(9-11)22-15(24)16(25)23-21-10-12-6-2-3-8-14(12)17(18,19)20/h2-10H,1H3,(H,22,24)(H,23,25)/b21-10+. The maximum absolute atomic E-state index is 12.8. The van der Waals surface area contributed by atoms with Crippen LogP contribution < -0.4 is 10.7 Å². The molecule has 0 heterocycles. The Balaban J connectivity index is 2.00. The minimum Gasteiger partial charge on any atom is -0.318 e. The lowest BCUT2D eigenvalue weighted by atomic mass is 10.1. The average Bonchev–Trinajstić information content (AvgIpc) is 2.54. The first kappa shape index (κ1) is 18.2. The van der Waals surface area contributed by atoms with Gasteiger partial charge >= 0.3 is 18.0 Å². The summed E-state index contributed by atoms with van der Waals surface area (Å²) in [7, 11) is 0. The highest BCUT2D eigenvalue weighted by atomic mass is 19.4. The third-order valence-corrected chi connectivity index (χ3v) is 3.12. The van der Waals surface area contributed by atoms with Crippen LogP contribution in [0, 0.1) is 6.92 Å². The Morgan fingerprint density at radius 3 is 2.44 bits per heavy atom. The van der Waals surface area contributed by atoms with Gasteiger partial charge in [0.05, 0.1) is 11.8 Å². The van der Waals surface area contributed by atoms with Gasteiger partial charge in [0.2, 0.25) is 0 Å². The minimum absolute atomic E-state index is 0.227. The first-order valence-corrected chi connectivity index (χ1v) is 7.14. The van der Waals surface area contributed by atoms with E-state index in [4.69, 9.17) is 0 Å². The third kappa shape index (κ3) is 5.17. The molecule has 0 bridgehead atoms. The predicted molar refractivity (Wildman–Crippen MR) is 87.0 cm³/mol. The molecule has 0 unspecified atom stereocenters. The molecule has 5 nitrogen and oxygen atoms in total. The molecule has 0 fully saturated rings. The van der Waals surface area contributed by atoms with Gasteiger partial charge in [-0.3, -0.25) is 9.59 Å². The summed E-state index contributed by atoms with van der Waals surface area (Å²) in [6, 6.07) is 11.5. The van der Waals surface area contributed by atoms with Gasteiger partial charge in [0, 0.05) is 11.3 Å². The molecule has 25 heavy (non-hydrogen) atoms. The molecule has 0 atom stereocenters. The summed E-state index contributed by atoms with van der Waals surface area (Å²) in [6.45, 7) is 1.82. The fourth-order valence-electron chi connectivity index (χ4n) is 1.99. The highest BCUT2D eigenvalue weighted by Crippen LogP contribution is 2.30. The molecule has 8 heteroatoms. The number of alkyl halides is 3. The second-order valence-corrected chi connectivity index (χ2v) is 5.11. The number of carbonyl (C=O) groups excluding carboxylic acids is 2. The first-order chi connectivity index (χ1) is 11.8. The van der Waals surface area contributed by atoms with Crippen molar-refractivity contribution in [2.75, 3.05) is 5.32 Å². The molecule has 0 aliphatic carbocycles. The normalized spacial score (nSPS) is 11.4. The lowest BCUT2D eigenvalue weighted by molar-refractivity contribution is -0.137. The first-order valence-electron chi connectivity index (χ1n) is 7.14. The molecule has 0 spiro atoms. The van der Waals surface area contributed by atoms with Gasteiger partial charge in [0.1, 0.15) is 0 Å². The van der Waals surface area contributed by atoms with Gasteiger partial charge in [0.15, 0.2) is 0 Å². The van der Waals surface area contributed by atoms with Crippen molar-refractivity contribution in [3.8, 4) is 0 Å². The molecule has 0 saturated heterocycles. The quantitative estimate of drug-likeness (QED) is 0.508. The molecule has 0 radical (unpaired) electrons. The number of benzene rings is 2. The molecule has 2 aromatic rings. The summed E-state index contributed by atoms with van der Waals surface area (Å²) < 4.78 is 38.5. The second-order valence-electron chi connectivity index (χ2n) is 5.11. The van der Waals surface area contributed by atoms with Crippen molar-refractivity contribution in [2.24, 2.45) is 5.10 Å². The van der Waals surface area contributed by atoms with E-state index in [1.54, 1.807) is 18.2 Å². The third-order valence-electron chi connectivity index (χ3n) is 3.12. The van der Waals surface area contributed by atoms with Gasteiger partial charge < -0.3 is 5.32 Å². The van der Waals surface area contributed by atoms with Crippen LogP contribution >= 0.6 is 0 Å². The number of amides is 2. The Labute approximate surface area is 141 Å². The number of carbonyl (C=O) groups is 2. The number of rotatable bonds is 3. The van der Waals surface area contributed by atoms with E-state index in [0.717, 1.165) is 17.8 Å². The number of halogens is 3. The van der Waals surface area contributed by atoms with Crippen LogP contribution in [-0.2, 0) is 15.8 Å². The summed E-state index contributed by atoms with van der Waals surface area (Å²) in [5.74, 6) is -2.07. The summed E-state index contributed by atoms with van der Waals surface area (Å²) in [6.07, 6.45) is -3.71. The summed E-state index contributed by atoms with van der Waals surface area (Å²) in [5, 5.41) is 5.77. The number of nitrogens with zero attached hydrogens (tertiary/aromatic N) is 1. The molecular formula is C17H14F3N3O2. The minimum atomic E-state index is -4.55. The average molecular weight is 349 g/mol. The fourth-order valence-corrected chi connectivity index (χ4v) is 1.99. The molecule has 2 N–H and O–H groups in total. The van der Waals surface area contributed by atoms with E-state index < -0.39 is 23.6 Å². The number of hydrogen-bond donors (Lipinski definition) is 2. The molecule has 0 aliphatic heterocycles. The molecule has 0 aliphatic rings. The monoisotopic (exact) mass is 349 g/mol. The lowest BCUT2D eigenvalue weighted by Crippen LogP contribution is -2.32. The molecule has 0 aromatic heterocycles. The molecule has 0 saturated carbocycles. The highest BCUT2D eigenvalue weighted by Gasteiger charge is 2.32. The van der Waals surface area contributed by atoms with Crippen molar-refractivity contribution < 1.29 is 22.8 Å². The van der Waals surface area contributed by atoms with Gasteiger partial charge in [-0.05, 0) is 30.7 Å². The van der Waals surface area contributed by atoms with E-state index in [1.165, 1.54) is 18.2 Å². The number of anilines is 1. The summed E-state index contributed by atoms with van der Waals surface area (Å²) >= 11 is 0. The van der Waals surface area contributed by atoms with Crippen LogP contribution in [0.2, 0.25) is 0 Å². The van der Waals surface area contributed by atoms with Gasteiger partial charge in [-0.25, -0.2) is 5.43 Å². The van der Waals surface area contributed by atoms with E-state index >= 15 is 0 Å². The summed E-state index contributed by atoms with van der Waals surface area (Å²) in [4.78, 5) is 23.4. The predicted octanol–water partition coefficient (Wildman–Crippen LogP) is 3.10. The van der Waals surface area contributed by atoms with E-state index in [9.17, 15) is 22.8 Å². The maximum Gasteiger partial charge on any atom is 0.417 e. The SMILES string of the molecule is Cc1cccc(NC(=O)C(=O)N/N=C/c2ccccc2C(F)(F)F)c1. The van der Waals surface area contributed by atoms with Gasteiger partial charge in [0.25, 0.3) is 0 Å².